The zero-order chi connectivity index (χ0) is 21.3. The molecular formula is C26H35NO3. The van der Waals surface area contributed by atoms with E-state index in [9.17, 15) is 9.90 Å². The number of aliphatic carboxylic acids is 1. The molecule has 1 aliphatic heterocycles. The first kappa shape index (κ1) is 21.2. The molecule has 4 nitrogen and oxygen atoms in total. The Morgan fingerprint density at radius 2 is 1.90 bits per heavy atom. The van der Waals surface area contributed by atoms with Gasteiger partial charge in [0, 0.05) is 13.1 Å². The molecule has 0 spiro atoms. The van der Waals surface area contributed by atoms with E-state index in [4.69, 9.17) is 4.74 Å². The van der Waals surface area contributed by atoms with Crippen molar-refractivity contribution in [3.63, 3.8) is 0 Å². The minimum absolute atomic E-state index is 0.220. The Hall–Kier alpha value is -2.07. The molecule has 1 atom stereocenters. The number of ether oxygens (including phenoxy) is 1. The van der Waals surface area contributed by atoms with Crippen molar-refractivity contribution in [1.82, 2.24) is 4.90 Å². The van der Waals surface area contributed by atoms with Gasteiger partial charge in [0.05, 0.1) is 12.0 Å². The fraction of sp³-hybridized carbons (Fsp3) is 0.577. The van der Waals surface area contributed by atoms with E-state index < -0.39 is 5.97 Å². The number of likely N-dealkylation sites (tertiary alicyclic amines) is 1. The molecule has 1 aliphatic carbocycles. The Labute approximate surface area is 180 Å². The van der Waals surface area contributed by atoms with Crippen molar-refractivity contribution in [2.75, 3.05) is 13.1 Å². The highest BCUT2D eigenvalue weighted by molar-refractivity contribution is 5.87. The molecular weight excluding hydrogens is 374 g/mol. The molecule has 162 valence electrons. The first-order valence-electron chi connectivity index (χ1n) is 11.5. The van der Waals surface area contributed by atoms with Crippen molar-refractivity contribution in [2.24, 2.45) is 17.8 Å². The Bertz CT molecular complexity index is 899. The zero-order valence-corrected chi connectivity index (χ0v) is 18.6. The van der Waals surface area contributed by atoms with E-state index in [1.807, 2.05) is 0 Å². The SMILES string of the molecule is Cc1cc(OC2CCC(C(C)C)CC2)cc2ccc(CN3CCC(C(=O)O)C3)cc12. The van der Waals surface area contributed by atoms with E-state index in [1.165, 1.54) is 34.7 Å². The van der Waals surface area contributed by atoms with E-state index in [-0.39, 0.29) is 5.92 Å². The molecule has 1 N–H and O–H groups in total. The van der Waals surface area contributed by atoms with Crippen LogP contribution >= 0.6 is 0 Å². The summed E-state index contributed by atoms with van der Waals surface area (Å²) in [5.74, 6) is 1.73. The standard InChI is InChI=1S/C26H35NO3/c1-17(2)20-6-8-23(9-7-20)30-24-12-18(3)25-13-19(4-5-21(25)14-24)15-27-11-10-22(16-27)26(28)29/h4-5,12-14,17,20,22-23H,6-11,15-16H2,1-3H3,(H,28,29). The van der Waals surface area contributed by atoms with Crippen molar-refractivity contribution in [3.05, 3.63) is 41.5 Å². The van der Waals surface area contributed by atoms with Crippen LogP contribution in [0.4, 0.5) is 0 Å². The number of rotatable bonds is 6. The van der Waals surface area contributed by atoms with Gasteiger partial charge in [0.2, 0.25) is 0 Å². The van der Waals surface area contributed by atoms with Crippen LogP contribution in [0.2, 0.25) is 0 Å². The molecule has 2 aromatic rings. The Balaban J connectivity index is 1.42. The highest BCUT2D eigenvalue weighted by atomic mass is 16.5. The minimum atomic E-state index is -0.669. The van der Waals surface area contributed by atoms with E-state index in [0.717, 1.165) is 49.9 Å². The third-order valence-corrected chi connectivity index (χ3v) is 7.19. The maximum atomic E-state index is 11.2. The predicted octanol–water partition coefficient (Wildman–Crippen LogP) is 5.65. The van der Waals surface area contributed by atoms with Crippen LogP contribution in [0.1, 0.15) is 57.1 Å². The van der Waals surface area contributed by atoms with Crippen LogP contribution in [-0.4, -0.2) is 35.2 Å². The molecule has 1 saturated heterocycles. The van der Waals surface area contributed by atoms with Gasteiger partial charge < -0.3 is 9.84 Å². The van der Waals surface area contributed by atoms with Gasteiger partial charge in [0.15, 0.2) is 0 Å². The van der Waals surface area contributed by atoms with Crippen LogP contribution in [0, 0.1) is 24.7 Å². The van der Waals surface area contributed by atoms with Crippen molar-refractivity contribution in [2.45, 2.75) is 65.5 Å². The maximum absolute atomic E-state index is 11.2. The number of aryl methyl sites for hydroxylation is 1. The molecule has 4 heteroatoms. The first-order valence-corrected chi connectivity index (χ1v) is 11.5. The van der Waals surface area contributed by atoms with Crippen LogP contribution in [0.3, 0.4) is 0 Å². The summed E-state index contributed by atoms with van der Waals surface area (Å²) in [5, 5.41) is 11.7. The summed E-state index contributed by atoms with van der Waals surface area (Å²) in [6.45, 7) is 9.15. The summed E-state index contributed by atoms with van der Waals surface area (Å²) in [6, 6.07) is 11.0. The van der Waals surface area contributed by atoms with Crippen LogP contribution in [0.5, 0.6) is 5.75 Å². The normalized spacial score (nSPS) is 25.1. The third kappa shape index (κ3) is 4.80. The van der Waals surface area contributed by atoms with Gasteiger partial charge >= 0.3 is 5.97 Å². The van der Waals surface area contributed by atoms with Gasteiger partial charge in [-0.25, -0.2) is 0 Å². The highest BCUT2D eigenvalue weighted by Crippen LogP contribution is 2.33. The molecule has 0 radical (unpaired) electrons. The van der Waals surface area contributed by atoms with Gasteiger partial charge in [-0.05, 0) is 97.5 Å². The molecule has 0 amide bonds. The van der Waals surface area contributed by atoms with Gasteiger partial charge in [0.1, 0.15) is 5.75 Å². The lowest BCUT2D eigenvalue weighted by Gasteiger charge is -2.31. The molecule has 1 heterocycles. The van der Waals surface area contributed by atoms with Gasteiger partial charge in [-0.3, -0.25) is 9.69 Å². The second-order valence-corrected chi connectivity index (χ2v) is 9.75. The maximum Gasteiger partial charge on any atom is 0.307 e. The molecule has 30 heavy (non-hydrogen) atoms. The molecule has 0 bridgehead atoms. The average Bonchev–Trinajstić information content (AvgIpc) is 3.18. The molecule has 2 aliphatic rings. The molecule has 2 aromatic carbocycles. The molecule has 2 fully saturated rings. The van der Waals surface area contributed by atoms with Crippen LogP contribution < -0.4 is 4.74 Å². The smallest absolute Gasteiger partial charge is 0.307 e. The van der Waals surface area contributed by atoms with Gasteiger partial charge in [-0.15, -0.1) is 0 Å². The van der Waals surface area contributed by atoms with Gasteiger partial charge in [0.25, 0.3) is 0 Å². The molecule has 1 saturated carbocycles. The topological polar surface area (TPSA) is 49.8 Å². The van der Waals surface area contributed by atoms with Crippen LogP contribution in [0.25, 0.3) is 10.8 Å². The summed E-state index contributed by atoms with van der Waals surface area (Å²) < 4.78 is 6.38. The average molecular weight is 410 g/mol. The Kier molecular flexibility index (Phi) is 6.33. The van der Waals surface area contributed by atoms with Gasteiger partial charge in [-0.2, -0.15) is 0 Å². The number of carboxylic acid groups (broad SMARTS) is 1. The van der Waals surface area contributed by atoms with Crippen molar-refractivity contribution in [3.8, 4) is 5.75 Å². The van der Waals surface area contributed by atoms with Crippen molar-refractivity contribution >= 4 is 16.7 Å². The monoisotopic (exact) mass is 409 g/mol. The summed E-state index contributed by atoms with van der Waals surface area (Å²) in [6.07, 6.45) is 5.96. The number of carboxylic acids is 1. The van der Waals surface area contributed by atoms with Gasteiger partial charge in [-0.1, -0.05) is 26.0 Å². The summed E-state index contributed by atoms with van der Waals surface area (Å²) in [7, 11) is 0. The third-order valence-electron chi connectivity index (χ3n) is 7.19. The van der Waals surface area contributed by atoms with E-state index in [0.29, 0.717) is 12.6 Å². The molecule has 1 unspecified atom stereocenters. The van der Waals surface area contributed by atoms with E-state index >= 15 is 0 Å². The van der Waals surface area contributed by atoms with Crippen molar-refractivity contribution in [1.29, 1.82) is 0 Å². The summed E-state index contributed by atoms with van der Waals surface area (Å²) in [4.78, 5) is 13.5. The fourth-order valence-electron chi connectivity index (χ4n) is 5.22. The molecule has 0 aromatic heterocycles. The highest BCUT2D eigenvalue weighted by Gasteiger charge is 2.28. The van der Waals surface area contributed by atoms with Crippen LogP contribution in [0.15, 0.2) is 30.3 Å². The minimum Gasteiger partial charge on any atom is -0.490 e. The quantitative estimate of drug-likeness (QED) is 0.670. The first-order chi connectivity index (χ1) is 14.4. The van der Waals surface area contributed by atoms with E-state index in [2.05, 4.69) is 56.0 Å². The zero-order valence-electron chi connectivity index (χ0n) is 18.6. The lowest BCUT2D eigenvalue weighted by atomic mass is 9.80. The van der Waals surface area contributed by atoms with E-state index in [1.54, 1.807) is 0 Å². The fourth-order valence-corrected chi connectivity index (χ4v) is 5.22. The number of fused-ring (bicyclic) bond motifs is 1. The number of nitrogens with zero attached hydrogens (tertiary/aromatic N) is 1. The van der Waals surface area contributed by atoms with Crippen LogP contribution in [-0.2, 0) is 11.3 Å². The lowest BCUT2D eigenvalue weighted by molar-refractivity contribution is -0.141. The lowest BCUT2D eigenvalue weighted by Crippen LogP contribution is -2.26. The largest absolute Gasteiger partial charge is 0.490 e. The Morgan fingerprint density at radius 3 is 2.57 bits per heavy atom. The second kappa shape index (κ2) is 8.97. The number of hydrogen-bond donors (Lipinski definition) is 1. The number of carbonyl (C=O) groups is 1. The van der Waals surface area contributed by atoms with Crippen molar-refractivity contribution < 1.29 is 14.6 Å². The summed E-state index contributed by atoms with van der Waals surface area (Å²) >= 11 is 0. The molecule has 4 rings (SSSR count). The Morgan fingerprint density at radius 1 is 1.13 bits per heavy atom. The number of benzene rings is 2. The predicted molar refractivity (Wildman–Crippen MR) is 121 cm³/mol. The number of hydrogen-bond acceptors (Lipinski definition) is 3. The second-order valence-electron chi connectivity index (χ2n) is 9.75. The summed E-state index contributed by atoms with van der Waals surface area (Å²) in [5.41, 5.74) is 2.49.